The number of rotatable bonds is 6. The second-order valence-corrected chi connectivity index (χ2v) is 8.24. The minimum absolute atomic E-state index is 0.0760. The Morgan fingerprint density at radius 1 is 1.28 bits per heavy atom. The first-order valence-corrected chi connectivity index (χ1v) is 11.1. The number of likely N-dealkylation sites (tertiary alicyclic amines) is 1. The summed E-state index contributed by atoms with van der Waals surface area (Å²) < 4.78 is 5.64. The van der Waals surface area contributed by atoms with Gasteiger partial charge >= 0.3 is 6.09 Å². The molecular weight excluding hydrogens is 410 g/mol. The fourth-order valence-corrected chi connectivity index (χ4v) is 4.53. The fourth-order valence-electron chi connectivity index (χ4n) is 4.53. The van der Waals surface area contributed by atoms with Crippen LogP contribution in [0.3, 0.4) is 0 Å². The maximum atomic E-state index is 13.5. The molecule has 2 aromatic rings. The molecule has 4 heterocycles. The van der Waals surface area contributed by atoms with Gasteiger partial charge in [0.2, 0.25) is 11.8 Å². The van der Waals surface area contributed by atoms with Crippen LogP contribution in [0.25, 0.3) is 11.1 Å². The van der Waals surface area contributed by atoms with Crippen LogP contribution < -0.4 is 15.4 Å². The molecule has 3 N–H and O–H groups in total. The molecule has 9 heteroatoms. The van der Waals surface area contributed by atoms with E-state index in [9.17, 15) is 14.7 Å². The molecular formula is C23H29N5O4. The third-order valence-electron chi connectivity index (χ3n) is 6.30. The van der Waals surface area contributed by atoms with Crippen molar-refractivity contribution in [3.63, 3.8) is 0 Å². The second-order valence-electron chi connectivity index (χ2n) is 8.24. The second kappa shape index (κ2) is 9.52. The highest BCUT2D eigenvalue weighted by molar-refractivity contribution is 5.88. The van der Waals surface area contributed by atoms with Gasteiger partial charge in [0.15, 0.2) is 0 Å². The number of piperidine rings is 1. The number of nitrogens with one attached hydrogen (secondary N) is 2. The largest absolute Gasteiger partial charge is 0.478 e. The van der Waals surface area contributed by atoms with Crippen LogP contribution in [0.4, 0.5) is 4.79 Å². The maximum Gasteiger partial charge on any atom is 0.407 e. The topological polar surface area (TPSA) is 117 Å². The predicted octanol–water partition coefficient (Wildman–Crippen LogP) is 2.03. The molecule has 0 aromatic carbocycles. The zero-order valence-corrected chi connectivity index (χ0v) is 18.2. The predicted molar refractivity (Wildman–Crippen MR) is 119 cm³/mol. The monoisotopic (exact) mass is 439 g/mol. The van der Waals surface area contributed by atoms with Gasteiger partial charge in [0.05, 0.1) is 17.7 Å². The zero-order valence-electron chi connectivity index (χ0n) is 18.2. The molecule has 2 aromatic heterocycles. The fraction of sp³-hybridized carbons (Fsp3) is 0.478. The summed E-state index contributed by atoms with van der Waals surface area (Å²) in [5.74, 6) is 0.482. The number of ether oxygens (including phenoxy) is 1. The van der Waals surface area contributed by atoms with Gasteiger partial charge in [-0.15, -0.1) is 0 Å². The number of hydrogen-bond acceptors (Lipinski definition) is 6. The molecule has 2 aliphatic rings. The summed E-state index contributed by atoms with van der Waals surface area (Å²) in [5.41, 5.74) is 1.73. The molecule has 170 valence electrons. The molecule has 2 amide bonds. The first-order chi connectivity index (χ1) is 15.5. The summed E-state index contributed by atoms with van der Waals surface area (Å²) in [4.78, 5) is 35.1. The number of amides is 2. The third kappa shape index (κ3) is 4.38. The van der Waals surface area contributed by atoms with Crippen molar-refractivity contribution in [2.24, 2.45) is 0 Å². The quantitative estimate of drug-likeness (QED) is 0.631. The molecule has 2 aliphatic heterocycles. The summed E-state index contributed by atoms with van der Waals surface area (Å²) in [6.45, 7) is 4.64. The molecule has 0 spiro atoms. The Labute approximate surface area is 187 Å². The van der Waals surface area contributed by atoms with Crippen molar-refractivity contribution >= 4 is 12.0 Å². The van der Waals surface area contributed by atoms with Gasteiger partial charge in [-0.05, 0) is 57.5 Å². The molecule has 0 radical (unpaired) electrons. The van der Waals surface area contributed by atoms with Crippen LogP contribution >= 0.6 is 0 Å². The van der Waals surface area contributed by atoms with E-state index in [1.165, 1.54) is 4.90 Å². The van der Waals surface area contributed by atoms with Crippen molar-refractivity contribution in [2.75, 3.05) is 32.8 Å². The Morgan fingerprint density at radius 2 is 2.09 bits per heavy atom. The van der Waals surface area contributed by atoms with E-state index in [1.54, 1.807) is 12.4 Å². The van der Waals surface area contributed by atoms with Gasteiger partial charge in [0, 0.05) is 42.7 Å². The van der Waals surface area contributed by atoms with Crippen LogP contribution in [0.1, 0.15) is 31.9 Å². The van der Waals surface area contributed by atoms with Crippen LogP contribution in [0.15, 0.2) is 36.7 Å². The van der Waals surface area contributed by atoms with Crippen molar-refractivity contribution in [3.05, 3.63) is 42.4 Å². The Balaban J connectivity index is 1.57. The first-order valence-electron chi connectivity index (χ1n) is 11.1. The zero-order chi connectivity index (χ0) is 22.6. The van der Waals surface area contributed by atoms with Gasteiger partial charge in [-0.2, -0.15) is 0 Å². The Kier molecular flexibility index (Phi) is 6.55. The third-order valence-corrected chi connectivity index (χ3v) is 6.30. The van der Waals surface area contributed by atoms with E-state index in [2.05, 4.69) is 15.6 Å². The molecule has 0 unspecified atom stereocenters. The summed E-state index contributed by atoms with van der Waals surface area (Å²) in [5, 5.41) is 15.6. The molecule has 0 bridgehead atoms. The standard InChI is InChI=1S/C23H29N5O4/c1-2-32-20-18(4-3-10-25-20)16-5-6-19(26-14-16)23(8-11-24-12-9-23)21(29)27-17-7-13-28(15-17)22(30)31/h3-6,10,14,17,24H,2,7-9,11-13,15H2,1H3,(H,27,29)(H,30,31)/t17-/m1/s1. The highest BCUT2D eigenvalue weighted by atomic mass is 16.5. The summed E-state index contributed by atoms with van der Waals surface area (Å²) in [6, 6.07) is 7.50. The van der Waals surface area contributed by atoms with Crippen molar-refractivity contribution in [1.29, 1.82) is 0 Å². The molecule has 2 fully saturated rings. The average Bonchev–Trinajstić information content (AvgIpc) is 3.29. The van der Waals surface area contributed by atoms with Crippen LogP contribution in [0, 0.1) is 0 Å². The van der Waals surface area contributed by atoms with Crippen molar-refractivity contribution in [3.8, 4) is 17.0 Å². The van der Waals surface area contributed by atoms with E-state index in [1.807, 2.05) is 31.2 Å². The Morgan fingerprint density at radius 3 is 2.75 bits per heavy atom. The first kappa shape index (κ1) is 22.0. The summed E-state index contributed by atoms with van der Waals surface area (Å²) in [6.07, 6.45) is 4.42. The molecule has 0 aliphatic carbocycles. The normalized spacial score (nSPS) is 20.0. The number of hydrogen-bond donors (Lipinski definition) is 3. The van der Waals surface area contributed by atoms with Gasteiger partial charge < -0.3 is 25.4 Å². The molecule has 2 saturated heterocycles. The lowest BCUT2D eigenvalue weighted by Gasteiger charge is -2.36. The van der Waals surface area contributed by atoms with Crippen molar-refractivity contribution in [2.45, 2.75) is 37.6 Å². The number of pyridine rings is 2. The number of carbonyl (C=O) groups is 2. The van der Waals surface area contributed by atoms with E-state index < -0.39 is 11.5 Å². The van der Waals surface area contributed by atoms with Crippen LogP contribution in [0.2, 0.25) is 0 Å². The summed E-state index contributed by atoms with van der Waals surface area (Å²) in [7, 11) is 0. The van der Waals surface area contributed by atoms with Crippen molar-refractivity contribution in [1.82, 2.24) is 25.5 Å². The molecule has 9 nitrogen and oxygen atoms in total. The lowest BCUT2D eigenvalue weighted by molar-refractivity contribution is -0.128. The van der Waals surface area contributed by atoms with E-state index in [0.717, 1.165) is 29.9 Å². The number of carboxylic acid groups (broad SMARTS) is 1. The number of aromatic nitrogens is 2. The molecule has 1 atom stereocenters. The van der Waals surface area contributed by atoms with Gasteiger partial charge in [-0.25, -0.2) is 9.78 Å². The van der Waals surface area contributed by atoms with Gasteiger partial charge in [-0.3, -0.25) is 9.78 Å². The van der Waals surface area contributed by atoms with Crippen LogP contribution in [-0.2, 0) is 10.2 Å². The van der Waals surface area contributed by atoms with Gasteiger partial charge in [0.25, 0.3) is 0 Å². The van der Waals surface area contributed by atoms with E-state index in [4.69, 9.17) is 9.72 Å². The lowest BCUT2D eigenvalue weighted by Crippen LogP contribution is -2.53. The molecule has 4 rings (SSSR count). The van der Waals surface area contributed by atoms with E-state index in [0.29, 0.717) is 44.8 Å². The Bertz CT molecular complexity index is 959. The number of nitrogens with zero attached hydrogens (tertiary/aromatic N) is 3. The maximum absolute atomic E-state index is 13.5. The Hall–Kier alpha value is -3.20. The highest BCUT2D eigenvalue weighted by Crippen LogP contribution is 2.35. The minimum Gasteiger partial charge on any atom is -0.478 e. The minimum atomic E-state index is -0.947. The lowest BCUT2D eigenvalue weighted by atomic mass is 9.74. The molecule has 0 saturated carbocycles. The van der Waals surface area contributed by atoms with E-state index in [-0.39, 0.29) is 11.9 Å². The van der Waals surface area contributed by atoms with Crippen LogP contribution in [-0.4, -0.2) is 70.8 Å². The molecule has 32 heavy (non-hydrogen) atoms. The van der Waals surface area contributed by atoms with Gasteiger partial charge in [-0.1, -0.05) is 6.07 Å². The smallest absolute Gasteiger partial charge is 0.407 e. The van der Waals surface area contributed by atoms with Crippen molar-refractivity contribution < 1.29 is 19.4 Å². The van der Waals surface area contributed by atoms with Gasteiger partial charge in [0.1, 0.15) is 0 Å². The average molecular weight is 440 g/mol. The summed E-state index contributed by atoms with van der Waals surface area (Å²) >= 11 is 0. The van der Waals surface area contributed by atoms with E-state index >= 15 is 0 Å². The van der Waals surface area contributed by atoms with Crippen LogP contribution in [0.5, 0.6) is 5.88 Å². The highest BCUT2D eigenvalue weighted by Gasteiger charge is 2.43. The SMILES string of the molecule is CCOc1ncccc1-c1ccc(C2(C(=O)N[C@@H]3CCN(C(=O)O)C3)CCNCC2)nc1. The number of carbonyl (C=O) groups excluding carboxylic acids is 1.